The molecule has 1 unspecified atom stereocenters. The van der Waals surface area contributed by atoms with Crippen molar-refractivity contribution in [1.29, 1.82) is 0 Å². The van der Waals surface area contributed by atoms with Crippen molar-refractivity contribution in [3.63, 3.8) is 0 Å². The van der Waals surface area contributed by atoms with Gasteiger partial charge in [0.1, 0.15) is 0 Å². The van der Waals surface area contributed by atoms with Crippen molar-refractivity contribution in [2.45, 2.75) is 19.3 Å². The molecule has 1 heterocycles. The van der Waals surface area contributed by atoms with Gasteiger partial charge in [0.05, 0.1) is 5.92 Å². The number of rotatable bonds is 4. The van der Waals surface area contributed by atoms with Gasteiger partial charge in [0.25, 0.3) is 0 Å². The SMILES string of the molecule is CCC(C(=O)c1nccn1C)c1ccccc1. The lowest BCUT2D eigenvalue weighted by Crippen LogP contribution is -2.16. The monoisotopic (exact) mass is 228 g/mol. The molecule has 0 radical (unpaired) electrons. The molecule has 0 N–H and O–H groups in total. The van der Waals surface area contributed by atoms with Crippen LogP contribution in [0.3, 0.4) is 0 Å². The summed E-state index contributed by atoms with van der Waals surface area (Å²) in [5.41, 5.74) is 1.06. The first-order chi connectivity index (χ1) is 8.24. The molecule has 1 aromatic carbocycles. The van der Waals surface area contributed by atoms with E-state index in [2.05, 4.69) is 4.98 Å². The van der Waals surface area contributed by atoms with Crippen LogP contribution in [-0.4, -0.2) is 15.3 Å². The second kappa shape index (κ2) is 4.95. The van der Waals surface area contributed by atoms with Gasteiger partial charge in [-0.15, -0.1) is 0 Å². The van der Waals surface area contributed by atoms with Crippen molar-refractivity contribution in [3.05, 3.63) is 54.1 Å². The summed E-state index contributed by atoms with van der Waals surface area (Å²) >= 11 is 0. The van der Waals surface area contributed by atoms with E-state index in [1.54, 1.807) is 17.0 Å². The van der Waals surface area contributed by atoms with Crippen LogP contribution in [-0.2, 0) is 7.05 Å². The molecule has 0 aliphatic rings. The van der Waals surface area contributed by atoms with Crippen LogP contribution in [0, 0.1) is 0 Å². The summed E-state index contributed by atoms with van der Waals surface area (Å²) in [5, 5.41) is 0. The number of imidazole rings is 1. The van der Waals surface area contributed by atoms with Crippen LogP contribution in [0.5, 0.6) is 0 Å². The number of Topliss-reactive ketones (excluding diaryl/α,β-unsaturated/α-hetero) is 1. The predicted molar refractivity (Wildman–Crippen MR) is 67.0 cm³/mol. The van der Waals surface area contributed by atoms with Crippen LogP contribution in [0.4, 0.5) is 0 Å². The molecule has 3 nitrogen and oxygen atoms in total. The van der Waals surface area contributed by atoms with E-state index in [4.69, 9.17) is 0 Å². The van der Waals surface area contributed by atoms with E-state index in [-0.39, 0.29) is 11.7 Å². The van der Waals surface area contributed by atoms with Crippen LogP contribution >= 0.6 is 0 Å². The predicted octanol–water partition coefficient (Wildman–Crippen LogP) is 2.80. The molecule has 0 bridgehead atoms. The zero-order valence-corrected chi connectivity index (χ0v) is 10.1. The van der Waals surface area contributed by atoms with Crippen molar-refractivity contribution in [1.82, 2.24) is 9.55 Å². The van der Waals surface area contributed by atoms with E-state index in [1.807, 2.05) is 44.3 Å². The number of aryl methyl sites for hydroxylation is 1. The van der Waals surface area contributed by atoms with E-state index >= 15 is 0 Å². The zero-order chi connectivity index (χ0) is 12.3. The minimum absolute atomic E-state index is 0.0891. The summed E-state index contributed by atoms with van der Waals surface area (Å²) in [7, 11) is 1.85. The molecule has 0 aliphatic heterocycles. The van der Waals surface area contributed by atoms with Crippen LogP contribution in [0.1, 0.15) is 35.4 Å². The zero-order valence-electron chi connectivity index (χ0n) is 10.1. The van der Waals surface area contributed by atoms with E-state index in [0.717, 1.165) is 12.0 Å². The number of benzene rings is 1. The van der Waals surface area contributed by atoms with Crippen molar-refractivity contribution < 1.29 is 4.79 Å². The minimum Gasteiger partial charge on any atom is -0.332 e. The highest BCUT2D eigenvalue weighted by molar-refractivity contribution is 5.98. The highest BCUT2D eigenvalue weighted by Crippen LogP contribution is 2.23. The average molecular weight is 228 g/mol. The smallest absolute Gasteiger partial charge is 0.205 e. The largest absolute Gasteiger partial charge is 0.332 e. The van der Waals surface area contributed by atoms with Gasteiger partial charge in [0, 0.05) is 19.4 Å². The topological polar surface area (TPSA) is 34.9 Å². The lowest BCUT2D eigenvalue weighted by molar-refractivity contribution is 0.0944. The average Bonchev–Trinajstić information content (AvgIpc) is 2.77. The first kappa shape index (κ1) is 11.6. The van der Waals surface area contributed by atoms with Crippen LogP contribution in [0.25, 0.3) is 0 Å². The van der Waals surface area contributed by atoms with Gasteiger partial charge in [-0.25, -0.2) is 4.98 Å². The molecule has 0 amide bonds. The number of hydrogen-bond acceptors (Lipinski definition) is 2. The van der Waals surface area contributed by atoms with E-state index in [1.165, 1.54) is 0 Å². The Labute approximate surface area is 101 Å². The molecule has 88 valence electrons. The molecule has 0 saturated heterocycles. The van der Waals surface area contributed by atoms with Crippen molar-refractivity contribution in [2.75, 3.05) is 0 Å². The van der Waals surface area contributed by atoms with Crippen LogP contribution in [0.2, 0.25) is 0 Å². The molecule has 0 aliphatic carbocycles. The summed E-state index contributed by atoms with van der Waals surface area (Å²) in [6.45, 7) is 2.03. The molecule has 1 atom stereocenters. The van der Waals surface area contributed by atoms with Gasteiger partial charge in [0.2, 0.25) is 5.78 Å². The second-order valence-electron chi connectivity index (χ2n) is 4.10. The van der Waals surface area contributed by atoms with Crippen LogP contribution in [0.15, 0.2) is 42.7 Å². The van der Waals surface area contributed by atoms with Crippen LogP contribution < -0.4 is 0 Å². The fourth-order valence-electron chi connectivity index (χ4n) is 2.02. The maximum Gasteiger partial charge on any atom is 0.205 e. The molecule has 1 aromatic heterocycles. The molecule has 0 spiro atoms. The number of hydrogen-bond donors (Lipinski definition) is 0. The van der Waals surface area contributed by atoms with E-state index in [9.17, 15) is 4.79 Å². The van der Waals surface area contributed by atoms with Crippen molar-refractivity contribution in [2.24, 2.45) is 7.05 Å². The first-order valence-electron chi connectivity index (χ1n) is 5.80. The Balaban J connectivity index is 2.32. The van der Waals surface area contributed by atoms with Crippen molar-refractivity contribution >= 4 is 5.78 Å². The number of ketones is 1. The fraction of sp³-hybridized carbons (Fsp3) is 0.286. The number of aromatic nitrogens is 2. The third-order valence-electron chi connectivity index (χ3n) is 2.97. The summed E-state index contributed by atoms with van der Waals surface area (Å²) in [5.74, 6) is 0.518. The molecular formula is C14H16N2O. The van der Waals surface area contributed by atoms with Gasteiger partial charge >= 0.3 is 0 Å². The van der Waals surface area contributed by atoms with Gasteiger partial charge in [-0.3, -0.25) is 4.79 Å². The highest BCUT2D eigenvalue weighted by atomic mass is 16.1. The summed E-state index contributed by atoms with van der Waals surface area (Å²) in [6.07, 6.45) is 4.24. The molecule has 2 aromatic rings. The minimum atomic E-state index is -0.0997. The normalized spacial score (nSPS) is 12.4. The van der Waals surface area contributed by atoms with Gasteiger partial charge in [-0.05, 0) is 12.0 Å². The number of carbonyl (C=O) groups is 1. The Bertz CT molecular complexity index is 502. The van der Waals surface area contributed by atoms with Gasteiger partial charge in [0.15, 0.2) is 5.82 Å². The molecular weight excluding hydrogens is 212 g/mol. The molecule has 2 rings (SSSR count). The Morgan fingerprint density at radius 3 is 2.59 bits per heavy atom. The number of nitrogens with zero attached hydrogens (tertiary/aromatic N) is 2. The Hall–Kier alpha value is -1.90. The maximum atomic E-state index is 12.4. The Morgan fingerprint density at radius 2 is 2.06 bits per heavy atom. The molecule has 0 fully saturated rings. The van der Waals surface area contributed by atoms with E-state index < -0.39 is 0 Å². The fourth-order valence-corrected chi connectivity index (χ4v) is 2.02. The van der Waals surface area contributed by atoms with Crippen molar-refractivity contribution in [3.8, 4) is 0 Å². The Morgan fingerprint density at radius 1 is 1.35 bits per heavy atom. The Kier molecular flexibility index (Phi) is 3.38. The quantitative estimate of drug-likeness (QED) is 0.754. The molecule has 0 saturated carbocycles. The summed E-state index contributed by atoms with van der Waals surface area (Å²) < 4.78 is 1.77. The lowest BCUT2D eigenvalue weighted by atomic mass is 9.92. The van der Waals surface area contributed by atoms with E-state index in [0.29, 0.717) is 5.82 Å². The summed E-state index contributed by atoms with van der Waals surface area (Å²) in [6, 6.07) is 9.87. The molecule has 17 heavy (non-hydrogen) atoms. The first-order valence-corrected chi connectivity index (χ1v) is 5.80. The highest BCUT2D eigenvalue weighted by Gasteiger charge is 2.22. The second-order valence-corrected chi connectivity index (χ2v) is 4.10. The maximum absolute atomic E-state index is 12.4. The van der Waals surface area contributed by atoms with Gasteiger partial charge in [-0.1, -0.05) is 37.3 Å². The standard InChI is InChI=1S/C14H16N2O/c1-3-12(11-7-5-4-6-8-11)13(17)14-15-9-10-16(14)2/h4-10,12H,3H2,1-2H3. The summed E-state index contributed by atoms with van der Waals surface area (Å²) in [4.78, 5) is 16.5. The third-order valence-corrected chi connectivity index (χ3v) is 2.97. The van der Waals surface area contributed by atoms with Gasteiger partial charge in [-0.2, -0.15) is 0 Å². The third kappa shape index (κ3) is 2.28. The number of carbonyl (C=O) groups excluding carboxylic acids is 1. The lowest BCUT2D eigenvalue weighted by Gasteiger charge is -2.13. The molecule has 3 heteroatoms. The van der Waals surface area contributed by atoms with Gasteiger partial charge < -0.3 is 4.57 Å².